The molecule has 2 aliphatic heterocycles. The van der Waals surface area contributed by atoms with Gasteiger partial charge in [0.15, 0.2) is 0 Å². The molecule has 1 saturated carbocycles. The highest BCUT2D eigenvalue weighted by Crippen LogP contribution is 2.46. The van der Waals surface area contributed by atoms with Crippen molar-refractivity contribution in [3.8, 4) is 0 Å². The quantitative estimate of drug-likeness (QED) is 0.756. The third-order valence-electron chi connectivity index (χ3n) is 3.78. The number of hydrogen-bond acceptors (Lipinski definition) is 2. The largest absolute Gasteiger partial charge is 0.354 e. The van der Waals surface area contributed by atoms with E-state index in [1.54, 1.807) is 0 Å². The van der Waals surface area contributed by atoms with E-state index in [-0.39, 0.29) is 11.9 Å². The van der Waals surface area contributed by atoms with E-state index < -0.39 is 0 Å². The maximum Gasteiger partial charge on any atom is 0.220 e. The number of piperidine rings is 2. The third kappa shape index (κ3) is 2.33. The lowest BCUT2D eigenvalue weighted by atomic mass is 9.60. The van der Waals surface area contributed by atoms with Crippen molar-refractivity contribution in [3.05, 3.63) is 0 Å². The first-order valence-corrected chi connectivity index (χ1v) is 6.04. The molecule has 1 amide bonds. The Balaban J connectivity index is 1.80. The Morgan fingerprint density at radius 1 is 1.40 bits per heavy atom. The molecule has 3 aliphatic rings. The molecule has 2 saturated heterocycles. The van der Waals surface area contributed by atoms with Crippen LogP contribution >= 0.6 is 0 Å². The lowest BCUT2D eigenvalue weighted by Gasteiger charge is -2.52. The van der Waals surface area contributed by atoms with Crippen LogP contribution in [0.1, 0.15) is 26.7 Å². The molecule has 0 aromatic heterocycles. The van der Waals surface area contributed by atoms with Gasteiger partial charge in [-0.3, -0.25) is 4.79 Å². The van der Waals surface area contributed by atoms with E-state index in [0.29, 0.717) is 5.92 Å². The molecule has 2 bridgehead atoms. The van der Waals surface area contributed by atoms with Gasteiger partial charge in [-0.15, -0.1) is 0 Å². The standard InChI is InChI=1S/C12H22N2O/c1-8(2)13-12(15)5-11-9-4-10(11)7-14(3)6-9/h8-11H,4-7H2,1-3H3,(H,13,15)/t9-,10+,11?. The van der Waals surface area contributed by atoms with Gasteiger partial charge >= 0.3 is 0 Å². The zero-order valence-electron chi connectivity index (χ0n) is 9.99. The van der Waals surface area contributed by atoms with Crippen molar-refractivity contribution in [1.82, 2.24) is 10.2 Å². The predicted molar refractivity (Wildman–Crippen MR) is 60.5 cm³/mol. The van der Waals surface area contributed by atoms with Gasteiger partial charge in [-0.2, -0.15) is 0 Å². The third-order valence-corrected chi connectivity index (χ3v) is 3.78. The summed E-state index contributed by atoms with van der Waals surface area (Å²) in [4.78, 5) is 14.0. The Morgan fingerprint density at radius 2 is 2.00 bits per heavy atom. The molecule has 3 fully saturated rings. The predicted octanol–water partition coefficient (Wildman–Crippen LogP) is 1.10. The average Bonchev–Trinajstić information content (AvgIpc) is 2.13. The first-order valence-electron chi connectivity index (χ1n) is 6.04. The van der Waals surface area contributed by atoms with Gasteiger partial charge in [0, 0.05) is 25.6 Å². The zero-order valence-corrected chi connectivity index (χ0v) is 9.99. The van der Waals surface area contributed by atoms with Crippen molar-refractivity contribution < 1.29 is 4.79 Å². The molecule has 0 spiro atoms. The summed E-state index contributed by atoms with van der Waals surface area (Å²) in [5.74, 6) is 2.48. The fraction of sp³-hybridized carbons (Fsp3) is 0.917. The molecule has 1 N–H and O–H groups in total. The summed E-state index contributed by atoms with van der Waals surface area (Å²) in [6, 6.07) is 0.278. The zero-order chi connectivity index (χ0) is 11.0. The topological polar surface area (TPSA) is 32.3 Å². The van der Waals surface area contributed by atoms with Crippen LogP contribution in [-0.2, 0) is 4.79 Å². The minimum atomic E-state index is 0.245. The first-order chi connectivity index (χ1) is 7.06. The maximum absolute atomic E-state index is 11.6. The van der Waals surface area contributed by atoms with Crippen LogP contribution in [0, 0.1) is 17.8 Å². The lowest BCUT2D eigenvalue weighted by molar-refractivity contribution is -0.127. The summed E-state index contributed by atoms with van der Waals surface area (Å²) in [5, 5.41) is 2.99. The maximum atomic E-state index is 11.6. The molecule has 1 unspecified atom stereocenters. The number of carbonyl (C=O) groups excluding carboxylic acids is 1. The van der Waals surface area contributed by atoms with Crippen molar-refractivity contribution >= 4 is 5.91 Å². The summed E-state index contributed by atoms with van der Waals surface area (Å²) >= 11 is 0. The Hall–Kier alpha value is -0.570. The molecule has 3 atom stereocenters. The van der Waals surface area contributed by atoms with Crippen molar-refractivity contribution in [2.45, 2.75) is 32.7 Å². The lowest BCUT2D eigenvalue weighted by Crippen LogP contribution is -2.55. The smallest absolute Gasteiger partial charge is 0.220 e. The van der Waals surface area contributed by atoms with Crippen LogP contribution in [0.5, 0.6) is 0 Å². The highest BCUT2D eigenvalue weighted by molar-refractivity contribution is 5.76. The molecule has 3 heteroatoms. The molecule has 86 valence electrons. The van der Waals surface area contributed by atoms with Gasteiger partial charge in [0.2, 0.25) is 5.91 Å². The van der Waals surface area contributed by atoms with Gasteiger partial charge < -0.3 is 10.2 Å². The Bertz CT molecular complexity index is 240. The molecule has 0 aromatic rings. The molecule has 0 radical (unpaired) electrons. The number of rotatable bonds is 3. The van der Waals surface area contributed by atoms with Crippen LogP contribution in [0.3, 0.4) is 0 Å². The van der Waals surface area contributed by atoms with Crippen LogP contribution in [0.4, 0.5) is 0 Å². The number of fused-ring (bicyclic) bond motifs is 2. The molecule has 2 heterocycles. The van der Waals surface area contributed by atoms with Gasteiger partial charge in [-0.25, -0.2) is 0 Å². The Kier molecular flexibility index (Phi) is 3.01. The Morgan fingerprint density at radius 3 is 2.53 bits per heavy atom. The van der Waals surface area contributed by atoms with E-state index in [9.17, 15) is 4.79 Å². The van der Waals surface area contributed by atoms with E-state index in [1.165, 1.54) is 19.5 Å². The van der Waals surface area contributed by atoms with Crippen molar-refractivity contribution in [2.75, 3.05) is 20.1 Å². The average molecular weight is 210 g/mol. The molecule has 3 rings (SSSR count). The van der Waals surface area contributed by atoms with E-state index >= 15 is 0 Å². The van der Waals surface area contributed by atoms with Gasteiger partial charge in [0.05, 0.1) is 0 Å². The molecular weight excluding hydrogens is 188 g/mol. The molecule has 3 nitrogen and oxygen atoms in total. The summed E-state index contributed by atoms with van der Waals surface area (Å²) in [6.07, 6.45) is 2.10. The van der Waals surface area contributed by atoms with Crippen molar-refractivity contribution in [2.24, 2.45) is 17.8 Å². The molecular formula is C12H22N2O. The van der Waals surface area contributed by atoms with Crippen molar-refractivity contribution in [3.63, 3.8) is 0 Å². The van der Waals surface area contributed by atoms with E-state index in [2.05, 4.69) is 17.3 Å². The molecule has 15 heavy (non-hydrogen) atoms. The van der Waals surface area contributed by atoms with Crippen LogP contribution < -0.4 is 5.32 Å². The van der Waals surface area contributed by atoms with Gasteiger partial charge in [-0.1, -0.05) is 0 Å². The number of hydrogen-bond donors (Lipinski definition) is 1. The number of nitrogens with one attached hydrogen (secondary N) is 1. The minimum Gasteiger partial charge on any atom is -0.354 e. The first kappa shape index (κ1) is 10.9. The van der Waals surface area contributed by atoms with Gasteiger partial charge in [-0.05, 0) is 45.1 Å². The summed E-state index contributed by atoms with van der Waals surface area (Å²) in [7, 11) is 2.18. The molecule has 0 aromatic carbocycles. The highest BCUT2D eigenvalue weighted by Gasteiger charge is 2.46. The van der Waals surface area contributed by atoms with E-state index in [1.807, 2.05) is 13.8 Å². The second-order valence-electron chi connectivity index (χ2n) is 5.57. The van der Waals surface area contributed by atoms with Crippen LogP contribution in [0.2, 0.25) is 0 Å². The minimum absolute atomic E-state index is 0.245. The van der Waals surface area contributed by atoms with Crippen molar-refractivity contribution in [1.29, 1.82) is 0 Å². The second kappa shape index (κ2) is 4.12. The SMILES string of the molecule is CC(C)NC(=O)CC1[C@@H]2C[C@H]1CN(C)C2. The number of nitrogens with zero attached hydrogens (tertiary/aromatic N) is 1. The molecule has 1 aliphatic carbocycles. The van der Waals surface area contributed by atoms with Gasteiger partial charge in [0.25, 0.3) is 0 Å². The number of carbonyl (C=O) groups is 1. The summed E-state index contributed by atoms with van der Waals surface area (Å²) in [5.41, 5.74) is 0. The second-order valence-corrected chi connectivity index (χ2v) is 5.57. The summed E-state index contributed by atoms with van der Waals surface area (Å²) < 4.78 is 0. The summed E-state index contributed by atoms with van der Waals surface area (Å²) in [6.45, 7) is 6.42. The van der Waals surface area contributed by atoms with E-state index in [4.69, 9.17) is 0 Å². The van der Waals surface area contributed by atoms with Crippen LogP contribution in [-0.4, -0.2) is 37.0 Å². The van der Waals surface area contributed by atoms with Crippen LogP contribution in [0.15, 0.2) is 0 Å². The normalized spacial score (nSPS) is 35.1. The fourth-order valence-corrected chi connectivity index (χ4v) is 3.15. The van der Waals surface area contributed by atoms with Crippen LogP contribution in [0.25, 0.3) is 0 Å². The highest BCUT2D eigenvalue weighted by atomic mass is 16.1. The monoisotopic (exact) mass is 210 g/mol. The van der Waals surface area contributed by atoms with E-state index in [0.717, 1.165) is 18.3 Å². The fourth-order valence-electron chi connectivity index (χ4n) is 3.15. The number of amides is 1. The van der Waals surface area contributed by atoms with Gasteiger partial charge in [0.1, 0.15) is 0 Å². The Labute approximate surface area is 92.2 Å².